The third-order valence-electron chi connectivity index (χ3n) is 2.44. The molecule has 3 heteroatoms. The van der Waals surface area contributed by atoms with Gasteiger partial charge in [0.25, 0.3) is 0 Å². The van der Waals surface area contributed by atoms with Crippen LogP contribution in [0, 0.1) is 12.8 Å². The quantitative estimate of drug-likeness (QED) is 0.787. The summed E-state index contributed by atoms with van der Waals surface area (Å²) >= 11 is 0. The second-order valence-electron chi connectivity index (χ2n) is 4.25. The number of hydrogen-bond acceptors (Lipinski definition) is 2. The van der Waals surface area contributed by atoms with E-state index < -0.39 is 0 Å². The van der Waals surface area contributed by atoms with Gasteiger partial charge in [-0.3, -0.25) is 4.79 Å². The van der Waals surface area contributed by atoms with Crippen LogP contribution in [0.3, 0.4) is 0 Å². The van der Waals surface area contributed by atoms with Crippen LogP contribution in [-0.2, 0) is 11.2 Å². The van der Waals surface area contributed by atoms with Crippen molar-refractivity contribution in [2.45, 2.75) is 20.3 Å². The molecule has 2 N–H and O–H groups in total. The van der Waals surface area contributed by atoms with Crippen LogP contribution >= 0.6 is 0 Å². The Hall–Kier alpha value is -1.35. The van der Waals surface area contributed by atoms with Gasteiger partial charge in [0.05, 0.1) is 6.42 Å². The van der Waals surface area contributed by atoms with Crippen molar-refractivity contribution in [1.82, 2.24) is 5.32 Å². The molecule has 0 heterocycles. The SMILES string of the molecule is Cc1ccc(CC(=O)NCC(C)CO)cc1. The summed E-state index contributed by atoms with van der Waals surface area (Å²) in [6.07, 6.45) is 0.401. The van der Waals surface area contributed by atoms with E-state index in [0.717, 1.165) is 5.56 Å². The average molecular weight is 221 g/mol. The van der Waals surface area contributed by atoms with Gasteiger partial charge in [0.2, 0.25) is 5.91 Å². The lowest BCUT2D eigenvalue weighted by Gasteiger charge is -2.09. The standard InChI is InChI=1S/C13H19NO2/c1-10-3-5-12(6-4-10)7-13(16)14-8-11(2)9-15/h3-6,11,15H,7-9H2,1-2H3,(H,14,16). The van der Waals surface area contributed by atoms with Gasteiger partial charge < -0.3 is 10.4 Å². The molecule has 0 saturated heterocycles. The van der Waals surface area contributed by atoms with E-state index in [9.17, 15) is 4.79 Å². The molecule has 0 spiro atoms. The molecule has 3 nitrogen and oxygen atoms in total. The minimum atomic E-state index is 0.00385. The Bertz CT molecular complexity index is 332. The minimum Gasteiger partial charge on any atom is -0.396 e. The van der Waals surface area contributed by atoms with Crippen LogP contribution in [0.25, 0.3) is 0 Å². The molecule has 16 heavy (non-hydrogen) atoms. The molecule has 1 rings (SSSR count). The summed E-state index contributed by atoms with van der Waals surface area (Å²) in [6, 6.07) is 7.92. The summed E-state index contributed by atoms with van der Waals surface area (Å²) < 4.78 is 0. The summed E-state index contributed by atoms with van der Waals surface area (Å²) in [6.45, 7) is 4.55. The van der Waals surface area contributed by atoms with Gasteiger partial charge in [-0.25, -0.2) is 0 Å². The molecule has 0 bridgehead atoms. The first-order valence-electron chi connectivity index (χ1n) is 5.55. The second-order valence-corrected chi connectivity index (χ2v) is 4.25. The maximum Gasteiger partial charge on any atom is 0.224 e. The molecule has 1 unspecified atom stereocenters. The first-order chi connectivity index (χ1) is 7.61. The number of amides is 1. The van der Waals surface area contributed by atoms with Crippen LogP contribution in [0.2, 0.25) is 0 Å². The highest BCUT2D eigenvalue weighted by molar-refractivity contribution is 5.78. The third-order valence-corrected chi connectivity index (χ3v) is 2.44. The van der Waals surface area contributed by atoms with Gasteiger partial charge in [-0.05, 0) is 18.4 Å². The molecular weight excluding hydrogens is 202 g/mol. The number of rotatable bonds is 5. The molecule has 0 aliphatic heterocycles. The van der Waals surface area contributed by atoms with E-state index in [0.29, 0.717) is 13.0 Å². The Balaban J connectivity index is 2.37. The zero-order valence-corrected chi connectivity index (χ0v) is 9.86. The van der Waals surface area contributed by atoms with Gasteiger partial charge in [0, 0.05) is 13.2 Å². The molecule has 0 aromatic heterocycles. The fourth-order valence-corrected chi connectivity index (χ4v) is 1.31. The number of nitrogens with one attached hydrogen (secondary N) is 1. The lowest BCUT2D eigenvalue weighted by Crippen LogP contribution is -2.30. The van der Waals surface area contributed by atoms with Gasteiger partial charge in [0.15, 0.2) is 0 Å². The number of aliphatic hydroxyl groups is 1. The lowest BCUT2D eigenvalue weighted by molar-refractivity contribution is -0.120. The van der Waals surface area contributed by atoms with Crippen molar-refractivity contribution in [3.8, 4) is 0 Å². The van der Waals surface area contributed by atoms with Crippen LogP contribution in [-0.4, -0.2) is 24.2 Å². The molecule has 1 aromatic carbocycles. The highest BCUT2D eigenvalue weighted by Gasteiger charge is 2.05. The maximum absolute atomic E-state index is 11.5. The Kier molecular flexibility index (Phi) is 4.99. The molecule has 1 amide bonds. The monoisotopic (exact) mass is 221 g/mol. The van der Waals surface area contributed by atoms with E-state index in [4.69, 9.17) is 5.11 Å². The molecule has 1 aromatic rings. The van der Waals surface area contributed by atoms with Crippen LogP contribution < -0.4 is 5.32 Å². The summed E-state index contributed by atoms with van der Waals surface area (Å²) in [5.74, 6) is 0.117. The molecule has 88 valence electrons. The van der Waals surface area contributed by atoms with Crippen LogP contribution in [0.4, 0.5) is 0 Å². The third kappa shape index (κ3) is 4.45. The maximum atomic E-state index is 11.5. The number of carbonyl (C=O) groups excluding carboxylic acids is 1. The van der Waals surface area contributed by atoms with Crippen molar-refractivity contribution in [3.05, 3.63) is 35.4 Å². The largest absolute Gasteiger partial charge is 0.396 e. The summed E-state index contributed by atoms with van der Waals surface area (Å²) in [7, 11) is 0. The fraction of sp³-hybridized carbons (Fsp3) is 0.462. The topological polar surface area (TPSA) is 49.3 Å². The second kappa shape index (κ2) is 6.28. The Morgan fingerprint density at radius 2 is 2.00 bits per heavy atom. The Morgan fingerprint density at radius 1 is 1.38 bits per heavy atom. The Labute approximate surface area is 96.5 Å². The Morgan fingerprint density at radius 3 is 2.56 bits per heavy atom. The van der Waals surface area contributed by atoms with E-state index in [-0.39, 0.29) is 18.4 Å². The molecule has 1 atom stereocenters. The van der Waals surface area contributed by atoms with E-state index >= 15 is 0 Å². The predicted octanol–water partition coefficient (Wildman–Crippen LogP) is 1.28. The molecule has 0 aliphatic carbocycles. The molecular formula is C13H19NO2. The molecule has 0 fully saturated rings. The van der Waals surface area contributed by atoms with Gasteiger partial charge in [-0.2, -0.15) is 0 Å². The highest BCUT2D eigenvalue weighted by atomic mass is 16.3. The number of aryl methyl sites for hydroxylation is 1. The smallest absolute Gasteiger partial charge is 0.224 e. The first-order valence-corrected chi connectivity index (χ1v) is 5.55. The van der Waals surface area contributed by atoms with Crippen LogP contribution in [0.15, 0.2) is 24.3 Å². The van der Waals surface area contributed by atoms with Gasteiger partial charge >= 0.3 is 0 Å². The predicted molar refractivity (Wildman–Crippen MR) is 64.1 cm³/mol. The van der Waals surface area contributed by atoms with Crippen molar-refractivity contribution in [2.24, 2.45) is 5.92 Å². The number of benzene rings is 1. The number of hydrogen-bond donors (Lipinski definition) is 2. The van der Waals surface area contributed by atoms with E-state index in [1.165, 1.54) is 5.56 Å². The highest BCUT2D eigenvalue weighted by Crippen LogP contribution is 2.03. The summed E-state index contributed by atoms with van der Waals surface area (Å²) in [5.41, 5.74) is 2.21. The van der Waals surface area contributed by atoms with Gasteiger partial charge in [0.1, 0.15) is 0 Å². The lowest BCUT2D eigenvalue weighted by atomic mass is 10.1. The molecule has 0 aliphatic rings. The van der Waals surface area contributed by atoms with E-state index in [2.05, 4.69) is 5.32 Å². The molecule has 0 radical (unpaired) electrons. The summed E-state index contributed by atoms with van der Waals surface area (Å²) in [5, 5.41) is 11.6. The normalized spacial score (nSPS) is 12.2. The van der Waals surface area contributed by atoms with E-state index in [1.54, 1.807) is 0 Å². The zero-order chi connectivity index (χ0) is 12.0. The van der Waals surface area contributed by atoms with Gasteiger partial charge in [-0.15, -0.1) is 0 Å². The first kappa shape index (κ1) is 12.7. The summed E-state index contributed by atoms with van der Waals surface area (Å²) in [4.78, 5) is 11.5. The zero-order valence-electron chi connectivity index (χ0n) is 9.86. The minimum absolute atomic E-state index is 0.00385. The number of aliphatic hydroxyl groups excluding tert-OH is 1. The number of carbonyl (C=O) groups is 1. The van der Waals surface area contributed by atoms with Crippen LogP contribution in [0.5, 0.6) is 0 Å². The average Bonchev–Trinajstić information content (AvgIpc) is 2.29. The van der Waals surface area contributed by atoms with Crippen molar-refractivity contribution < 1.29 is 9.90 Å². The molecule has 0 saturated carbocycles. The van der Waals surface area contributed by atoms with Crippen molar-refractivity contribution >= 4 is 5.91 Å². The van der Waals surface area contributed by atoms with Crippen molar-refractivity contribution in [2.75, 3.05) is 13.2 Å². The fourth-order valence-electron chi connectivity index (χ4n) is 1.31. The van der Waals surface area contributed by atoms with Crippen molar-refractivity contribution in [1.29, 1.82) is 0 Å². The van der Waals surface area contributed by atoms with Crippen molar-refractivity contribution in [3.63, 3.8) is 0 Å². The van der Waals surface area contributed by atoms with Gasteiger partial charge in [-0.1, -0.05) is 36.8 Å². The van der Waals surface area contributed by atoms with Crippen LogP contribution in [0.1, 0.15) is 18.1 Å². The van der Waals surface area contributed by atoms with E-state index in [1.807, 2.05) is 38.1 Å².